The molecule has 1 amide bonds. The second kappa shape index (κ2) is 11.3. The molecular weight excluding hydrogens is 544 g/mol. The summed E-state index contributed by atoms with van der Waals surface area (Å²) in [6.07, 6.45) is 3.71. The van der Waals surface area contributed by atoms with Crippen LogP contribution < -0.4 is 5.32 Å². The van der Waals surface area contributed by atoms with Crippen molar-refractivity contribution in [3.63, 3.8) is 0 Å². The highest BCUT2D eigenvalue weighted by molar-refractivity contribution is 9.10. The number of carbonyl (C=O) groups is 1. The summed E-state index contributed by atoms with van der Waals surface area (Å²) in [6.45, 7) is 6.13. The van der Waals surface area contributed by atoms with Crippen LogP contribution in [0.25, 0.3) is 27.8 Å². The maximum Gasteiger partial charge on any atom is 0.270 e. The smallest absolute Gasteiger partial charge is 0.270 e. The number of aromatic amines is 1. The van der Waals surface area contributed by atoms with Crippen LogP contribution in [0.2, 0.25) is 0 Å². The third-order valence-corrected chi connectivity index (χ3v) is 7.31. The molecular formula is C29H31BrN6O2. The second-order valence-corrected chi connectivity index (χ2v) is 10.0. The minimum Gasteiger partial charge on any atom is -0.507 e. The number of phenolic OH excluding ortho intramolecular Hbond substituents is 1. The lowest BCUT2D eigenvalue weighted by molar-refractivity contribution is 0.0675. The molecule has 2 aromatic carbocycles. The van der Waals surface area contributed by atoms with E-state index in [0.717, 1.165) is 40.6 Å². The normalized spacial score (nSPS) is 15.3. The third kappa shape index (κ3) is 5.11. The van der Waals surface area contributed by atoms with Crippen molar-refractivity contribution in [3.8, 4) is 17.0 Å². The lowest BCUT2D eigenvalue weighted by Gasteiger charge is -2.32. The highest BCUT2D eigenvalue weighted by Crippen LogP contribution is 2.31. The molecule has 1 saturated heterocycles. The average Bonchev–Trinajstić information content (AvgIpc) is 3.56. The topological polar surface area (TPSA) is 98.5 Å². The van der Waals surface area contributed by atoms with Crippen LogP contribution in [0.4, 0.5) is 5.82 Å². The third-order valence-electron chi connectivity index (χ3n) is 6.75. The van der Waals surface area contributed by atoms with Crippen molar-refractivity contribution in [1.82, 2.24) is 24.5 Å². The van der Waals surface area contributed by atoms with E-state index >= 15 is 0 Å². The highest BCUT2D eigenvalue weighted by Gasteiger charge is 2.26. The number of anilines is 1. The van der Waals surface area contributed by atoms with Gasteiger partial charge < -0.3 is 20.3 Å². The number of aromatic nitrogens is 4. The zero-order valence-corrected chi connectivity index (χ0v) is 23.1. The van der Waals surface area contributed by atoms with Gasteiger partial charge in [-0.25, -0.2) is 4.98 Å². The molecule has 196 valence electrons. The maximum absolute atomic E-state index is 13.2. The number of carbonyl (C=O) groups excluding carboxylic acids is 1. The fourth-order valence-corrected chi connectivity index (χ4v) is 5.26. The van der Waals surface area contributed by atoms with Crippen molar-refractivity contribution >= 4 is 44.2 Å². The maximum atomic E-state index is 13.2. The van der Waals surface area contributed by atoms with Crippen LogP contribution in [0.1, 0.15) is 37.2 Å². The Morgan fingerprint density at radius 3 is 2.76 bits per heavy atom. The van der Waals surface area contributed by atoms with E-state index in [9.17, 15) is 9.90 Å². The zero-order chi connectivity index (χ0) is 26.6. The van der Waals surface area contributed by atoms with E-state index < -0.39 is 0 Å². The summed E-state index contributed by atoms with van der Waals surface area (Å²) >= 11 is 3.53. The molecule has 3 aromatic heterocycles. The van der Waals surface area contributed by atoms with Gasteiger partial charge in [0.25, 0.3) is 5.91 Å². The lowest BCUT2D eigenvalue weighted by atomic mass is 9.97. The van der Waals surface area contributed by atoms with Gasteiger partial charge in [-0.2, -0.15) is 9.61 Å². The van der Waals surface area contributed by atoms with Gasteiger partial charge in [-0.1, -0.05) is 44.2 Å². The van der Waals surface area contributed by atoms with Crippen LogP contribution in [0, 0.1) is 5.92 Å². The van der Waals surface area contributed by atoms with Crippen LogP contribution in [-0.2, 0) is 0 Å². The van der Waals surface area contributed by atoms with Crippen molar-refractivity contribution in [2.24, 2.45) is 5.92 Å². The number of halogens is 1. The molecule has 1 aliphatic rings. The fraction of sp³-hybridized carbons (Fsp3) is 0.276. The Bertz CT molecular complexity index is 1540. The van der Waals surface area contributed by atoms with Gasteiger partial charge in [0.2, 0.25) is 0 Å². The van der Waals surface area contributed by atoms with E-state index in [0.29, 0.717) is 41.6 Å². The molecule has 1 aliphatic heterocycles. The number of phenols is 1. The Kier molecular flexibility index (Phi) is 7.64. The molecule has 0 spiro atoms. The predicted octanol–water partition coefficient (Wildman–Crippen LogP) is 6.34. The summed E-state index contributed by atoms with van der Waals surface area (Å²) in [4.78, 5) is 23.1. The first-order valence-corrected chi connectivity index (χ1v) is 13.8. The molecule has 1 fully saturated rings. The van der Waals surface area contributed by atoms with E-state index in [1.165, 1.54) is 0 Å². The monoisotopic (exact) mass is 574 g/mol. The molecule has 0 bridgehead atoms. The first-order valence-electron chi connectivity index (χ1n) is 13.0. The van der Waals surface area contributed by atoms with Gasteiger partial charge in [0, 0.05) is 42.2 Å². The van der Waals surface area contributed by atoms with Crippen molar-refractivity contribution in [3.05, 3.63) is 77.0 Å². The molecule has 1 unspecified atom stereocenters. The molecule has 4 heterocycles. The fourth-order valence-electron chi connectivity index (χ4n) is 4.91. The van der Waals surface area contributed by atoms with Gasteiger partial charge >= 0.3 is 0 Å². The number of aromatic hydroxyl groups is 1. The summed E-state index contributed by atoms with van der Waals surface area (Å²) in [5.74, 6) is 1.29. The second-order valence-electron chi connectivity index (χ2n) is 9.18. The minimum atomic E-state index is 0.0417. The zero-order valence-electron chi connectivity index (χ0n) is 21.5. The number of fused-ring (bicyclic) bond motifs is 2. The largest absolute Gasteiger partial charge is 0.507 e. The first kappa shape index (κ1) is 25.8. The molecule has 3 N–H and O–H groups in total. The number of nitrogens with zero attached hydrogens (tertiary/aromatic N) is 4. The van der Waals surface area contributed by atoms with Gasteiger partial charge in [-0.05, 0) is 59.0 Å². The van der Waals surface area contributed by atoms with Crippen molar-refractivity contribution in [2.75, 3.05) is 25.0 Å². The number of piperidine rings is 1. The Morgan fingerprint density at radius 1 is 1.16 bits per heavy atom. The predicted molar refractivity (Wildman–Crippen MR) is 155 cm³/mol. The van der Waals surface area contributed by atoms with Gasteiger partial charge in [-0.15, -0.1) is 0 Å². The summed E-state index contributed by atoms with van der Waals surface area (Å²) in [6, 6.07) is 18.9. The van der Waals surface area contributed by atoms with E-state index in [1.54, 1.807) is 22.8 Å². The summed E-state index contributed by atoms with van der Waals surface area (Å²) in [5.41, 5.74) is 3.59. The lowest BCUT2D eigenvalue weighted by Crippen LogP contribution is -2.42. The summed E-state index contributed by atoms with van der Waals surface area (Å²) < 4.78 is 2.53. The summed E-state index contributed by atoms with van der Waals surface area (Å²) in [7, 11) is 0. The van der Waals surface area contributed by atoms with Gasteiger partial charge in [0.15, 0.2) is 5.65 Å². The average molecular weight is 576 g/mol. The van der Waals surface area contributed by atoms with E-state index in [1.807, 2.05) is 67.3 Å². The molecule has 0 radical (unpaired) electrons. The molecule has 8 nitrogen and oxygen atoms in total. The number of benzene rings is 2. The molecule has 0 aliphatic carbocycles. The SMILES string of the molecule is CC.O=C(c1cc2ccccc2[nH]1)N1CCCC(CNc2cc(-c3ccccc3O)nc3c(Br)cnn23)C1. The van der Waals surface area contributed by atoms with Crippen LogP contribution in [0.5, 0.6) is 5.75 Å². The molecule has 6 rings (SSSR count). The van der Waals surface area contributed by atoms with Crippen molar-refractivity contribution in [1.29, 1.82) is 0 Å². The van der Waals surface area contributed by atoms with Crippen molar-refractivity contribution < 1.29 is 9.90 Å². The minimum absolute atomic E-state index is 0.0417. The first-order chi connectivity index (χ1) is 18.6. The highest BCUT2D eigenvalue weighted by atomic mass is 79.9. The van der Waals surface area contributed by atoms with Crippen LogP contribution in [0.3, 0.4) is 0 Å². The molecule has 5 aromatic rings. The van der Waals surface area contributed by atoms with Crippen LogP contribution in [-0.4, -0.2) is 55.1 Å². The number of H-pyrrole nitrogens is 1. The molecule has 0 saturated carbocycles. The van der Waals surface area contributed by atoms with E-state index in [4.69, 9.17) is 4.98 Å². The van der Waals surface area contributed by atoms with Gasteiger partial charge in [0.05, 0.1) is 16.4 Å². The van der Waals surface area contributed by atoms with Crippen molar-refractivity contribution in [2.45, 2.75) is 26.7 Å². The Labute approximate surface area is 229 Å². The standard InChI is InChI=1S/C27H25BrN6O2.C2H6/c28-20-15-30-34-25(13-22(32-26(20)34)19-8-2-4-10-24(19)35)29-14-17-6-5-11-33(16-17)27(36)23-12-18-7-1-3-9-21(18)31-23;1-2/h1-4,7-10,12-13,15,17,29,31,35H,5-6,11,14,16H2;1-2H3. The molecule has 9 heteroatoms. The summed E-state index contributed by atoms with van der Waals surface area (Å²) in [5, 5.41) is 19.4. The van der Waals surface area contributed by atoms with E-state index in [-0.39, 0.29) is 11.7 Å². The Morgan fingerprint density at radius 2 is 1.95 bits per heavy atom. The number of nitrogens with one attached hydrogen (secondary N) is 2. The number of rotatable bonds is 5. The number of hydrogen-bond acceptors (Lipinski definition) is 5. The number of likely N-dealkylation sites (tertiary alicyclic amines) is 1. The van der Waals surface area contributed by atoms with Crippen LogP contribution in [0.15, 0.2) is 71.3 Å². The van der Waals surface area contributed by atoms with Crippen LogP contribution >= 0.6 is 15.9 Å². The number of para-hydroxylation sites is 2. The van der Waals surface area contributed by atoms with Gasteiger partial charge in [0.1, 0.15) is 17.3 Å². The number of hydrogen-bond donors (Lipinski definition) is 3. The molecule has 1 atom stereocenters. The quantitative estimate of drug-likeness (QED) is 0.227. The Hall–Kier alpha value is -3.85. The van der Waals surface area contributed by atoms with E-state index in [2.05, 4.69) is 31.3 Å². The van der Waals surface area contributed by atoms with Gasteiger partial charge in [-0.3, -0.25) is 4.79 Å². The number of amides is 1. The Balaban J connectivity index is 0.00000144. The molecule has 38 heavy (non-hydrogen) atoms.